The Labute approximate surface area is 150 Å². The number of carbonyl (C=O) groups is 1. The van der Waals surface area contributed by atoms with Crippen LogP contribution in [0.1, 0.15) is 18.4 Å². The molecule has 25 heavy (non-hydrogen) atoms. The van der Waals surface area contributed by atoms with Gasteiger partial charge in [-0.05, 0) is 30.9 Å². The Balaban J connectivity index is 1.79. The van der Waals surface area contributed by atoms with Crippen LogP contribution in [0.25, 0.3) is 0 Å². The van der Waals surface area contributed by atoms with Crippen molar-refractivity contribution in [2.45, 2.75) is 19.3 Å². The van der Waals surface area contributed by atoms with Gasteiger partial charge in [-0.25, -0.2) is 0 Å². The van der Waals surface area contributed by atoms with Crippen molar-refractivity contribution >= 4 is 16.1 Å². The third-order valence-electron chi connectivity index (χ3n) is 4.50. The molecule has 0 unspecified atom stereocenters. The van der Waals surface area contributed by atoms with Crippen LogP contribution in [-0.2, 0) is 21.4 Å². The van der Waals surface area contributed by atoms with Crippen LogP contribution in [0.3, 0.4) is 0 Å². The minimum absolute atomic E-state index is 0.00296. The Morgan fingerprint density at radius 2 is 1.92 bits per heavy atom. The second-order valence-corrected chi connectivity index (χ2v) is 8.46. The maximum Gasteiger partial charge on any atom is 0.281 e. The summed E-state index contributed by atoms with van der Waals surface area (Å²) in [6, 6.07) is 7.74. The monoisotopic (exact) mass is 369 g/mol. The summed E-state index contributed by atoms with van der Waals surface area (Å²) in [5.74, 6) is 0.682. The lowest BCUT2D eigenvalue weighted by Gasteiger charge is -2.32. The van der Waals surface area contributed by atoms with Gasteiger partial charge in [0.1, 0.15) is 5.75 Å². The van der Waals surface area contributed by atoms with E-state index < -0.39 is 10.2 Å². The third-order valence-corrected chi connectivity index (χ3v) is 6.44. The molecule has 1 saturated heterocycles. The van der Waals surface area contributed by atoms with Gasteiger partial charge in [-0.1, -0.05) is 18.2 Å². The second kappa shape index (κ2) is 8.64. The molecule has 1 heterocycles. The average molecular weight is 369 g/mol. The van der Waals surface area contributed by atoms with Gasteiger partial charge in [0.2, 0.25) is 5.91 Å². The predicted octanol–water partition coefficient (Wildman–Crippen LogP) is 0.872. The van der Waals surface area contributed by atoms with Gasteiger partial charge in [-0.15, -0.1) is 0 Å². The smallest absolute Gasteiger partial charge is 0.281 e. The standard InChI is InChI=1S/C17H27N3O4S/c1-19(2)25(22,23)20-12-9-15(10-13-20)17(21)18-11-8-14-6-4-5-7-16(14)24-3/h4-7,15H,8-13H2,1-3H3,(H,18,21). The summed E-state index contributed by atoms with van der Waals surface area (Å²) in [6.45, 7) is 1.30. The number of hydrogen-bond donors (Lipinski definition) is 1. The molecular formula is C17H27N3O4S. The number of hydrogen-bond acceptors (Lipinski definition) is 4. The molecule has 2 rings (SSSR count). The van der Waals surface area contributed by atoms with Crippen LogP contribution in [0, 0.1) is 5.92 Å². The average Bonchev–Trinajstić information content (AvgIpc) is 2.62. The molecule has 0 aliphatic carbocycles. The number of para-hydroxylation sites is 1. The van der Waals surface area contributed by atoms with E-state index in [9.17, 15) is 13.2 Å². The summed E-state index contributed by atoms with van der Waals surface area (Å²) in [6.07, 6.45) is 1.80. The van der Waals surface area contributed by atoms with Gasteiger partial charge < -0.3 is 10.1 Å². The van der Waals surface area contributed by atoms with Crippen LogP contribution in [0.4, 0.5) is 0 Å². The molecule has 1 amide bonds. The zero-order valence-electron chi connectivity index (χ0n) is 15.1. The van der Waals surface area contributed by atoms with E-state index in [0.29, 0.717) is 38.9 Å². The molecule has 1 aromatic rings. The summed E-state index contributed by atoms with van der Waals surface area (Å²) in [5, 5.41) is 2.96. The number of nitrogens with one attached hydrogen (secondary N) is 1. The molecule has 1 aliphatic heterocycles. The molecule has 0 saturated carbocycles. The van der Waals surface area contributed by atoms with E-state index in [1.54, 1.807) is 7.11 Å². The Morgan fingerprint density at radius 1 is 1.28 bits per heavy atom. The molecule has 0 radical (unpaired) electrons. The Bertz CT molecular complexity index is 683. The van der Waals surface area contributed by atoms with Crippen molar-refractivity contribution in [2.24, 2.45) is 5.92 Å². The van der Waals surface area contributed by atoms with Crippen molar-refractivity contribution < 1.29 is 17.9 Å². The van der Waals surface area contributed by atoms with Gasteiger partial charge in [-0.2, -0.15) is 17.0 Å². The van der Waals surface area contributed by atoms with E-state index in [2.05, 4.69) is 5.32 Å². The van der Waals surface area contributed by atoms with Crippen LogP contribution in [0.5, 0.6) is 5.75 Å². The lowest BCUT2D eigenvalue weighted by Crippen LogP contribution is -2.47. The molecule has 1 aliphatic rings. The van der Waals surface area contributed by atoms with Gasteiger partial charge in [0.05, 0.1) is 7.11 Å². The first-order valence-corrected chi connectivity index (χ1v) is 9.83. The summed E-state index contributed by atoms with van der Waals surface area (Å²) in [7, 11) is 1.28. The number of nitrogens with zero attached hydrogens (tertiary/aromatic N) is 2. The molecule has 1 N–H and O–H groups in total. The molecule has 1 aromatic carbocycles. The van der Waals surface area contributed by atoms with Gasteiger partial charge in [0.25, 0.3) is 10.2 Å². The van der Waals surface area contributed by atoms with E-state index in [-0.39, 0.29) is 11.8 Å². The first-order chi connectivity index (χ1) is 11.9. The van der Waals surface area contributed by atoms with Crippen LogP contribution < -0.4 is 10.1 Å². The lowest BCUT2D eigenvalue weighted by molar-refractivity contribution is -0.126. The molecule has 0 atom stereocenters. The fraction of sp³-hybridized carbons (Fsp3) is 0.588. The SMILES string of the molecule is COc1ccccc1CCNC(=O)C1CCN(S(=O)(=O)N(C)C)CC1. The Morgan fingerprint density at radius 3 is 2.52 bits per heavy atom. The normalized spacial score (nSPS) is 16.8. The number of rotatable bonds is 7. The third kappa shape index (κ3) is 4.93. The maximum absolute atomic E-state index is 12.3. The van der Waals surface area contributed by atoms with E-state index in [0.717, 1.165) is 11.3 Å². The van der Waals surface area contributed by atoms with E-state index in [1.807, 2.05) is 24.3 Å². The zero-order valence-corrected chi connectivity index (χ0v) is 15.9. The molecule has 1 fully saturated rings. The van der Waals surface area contributed by atoms with Gasteiger partial charge >= 0.3 is 0 Å². The largest absolute Gasteiger partial charge is 0.496 e. The van der Waals surface area contributed by atoms with Crippen LogP contribution in [0.2, 0.25) is 0 Å². The summed E-state index contributed by atoms with van der Waals surface area (Å²) in [4.78, 5) is 12.3. The molecular weight excluding hydrogens is 342 g/mol. The van der Waals surface area contributed by atoms with Crippen molar-refractivity contribution in [1.82, 2.24) is 13.9 Å². The molecule has 0 aromatic heterocycles. The summed E-state index contributed by atoms with van der Waals surface area (Å²) in [5.41, 5.74) is 1.05. The molecule has 0 bridgehead atoms. The molecule has 140 valence electrons. The second-order valence-electron chi connectivity index (χ2n) is 6.32. The fourth-order valence-electron chi connectivity index (χ4n) is 2.95. The number of ether oxygens (including phenoxy) is 1. The number of amides is 1. The van der Waals surface area contributed by atoms with Crippen molar-refractivity contribution in [3.63, 3.8) is 0 Å². The van der Waals surface area contributed by atoms with Crippen molar-refractivity contribution in [1.29, 1.82) is 0 Å². The predicted molar refractivity (Wildman–Crippen MR) is 96.6 cm³/mol. The van der Waals surface area contributed by atoms with Crippen molar-refractivity contribution in [3.05, 3.63) is 29.8 Å². The van der Waals surface area contributed by atoms with Crippen LogP contribution in [0.15, 0.2) is 24.3 Å². The highest BCUT2D eigenvalue weighted by Crippen LogP contribution is 2.21. The molecule has 8 heteroatoms. The van der Waals surface area contributed by atoms with Gasteiger partial charge in [0.15, 0.2) is 0 Å². The topological polar surface area (TPSA) is 79.0 Å². The number of carbonyl (C=O) groups excluding carboxylic acids is 1. The van der Waals surface area contributed by atoms with Crippen molar-refractivity contribution in [3.8, 4) is 5.75 Å². The molecule has 0 spiro atoms. The summed E-state index contributed by atoms with van der Waals surface area (Å²) < 4.78 is 32.1. The summed E-state index contributed by atoms with van der Waals surface area (Å²) >= 11 is 0. The first kappa shape index (κ1) is 19.7. The minimum atomic E-state index is -3.39. The molecule has 7 nitrogen and oxygen atoms in total. The highest BCUT2D eigenvalue weighted by atomic mass is 32.2. The number of piperidine rings is 1. The van der Waals surface area contributed by atoms with E-state index in [1.165, 1.54) is 22.7 Å². The Kier molecular flexibility index (Phi) is 6.80. The lowest BCUT2D eigenvalue weighted by atomic mass is 9.97. The Hall–Kier alpha value is -1.64. The maximum atomic E-state index is 12.3. The highest BCUT2D eigenvalue weighted by molar-refractivity contribution is 7.86. The quantitative estimate of drug-likeness (QED) is 0.774. The minimum Gasteiger partial charge on any atom is -0.496 e. The van der Waals surface area contributed by atoms with Gasteiger partial charge in [0, 0.05) is 39.6 Å². The van der Waals surface area contributed by atoms with Gasteiger partial charge in [-0.3, -0.25) is 4.79 Å². The van der Waals surface area contributed by atoms with Crippen LogP contribution in [-0.4, -0.2) is 63.8 Å². The zero-order chi connectivity index (χ0) is 18.4. The fourth-order valence-corrected chi connectivity index (χ4v) is 4.09. The first-order valence-electron chi connectivity index (χ1n) is 8.43. The highest BCUT2D eigenvalue weighted by Gasteiger charge is 2.32. The van der Waals surface area contributed by atoms with E-state index >= 15 is 0 Å². The number of methoxy groups -OCH3 is 1. The van der Waals surface area contributed by atoms with Crippen LogP contribution >= 0.6 is 0 Å². The van der Waals surface area contributed by atoms with Crippen molar-refractivity contribution in [2.75, 3.05) is 40.8 Å². The number of benzene rings is 1. The van der Waals surface area contributed by atoms with E-state index in [4.69, 9.17) is 4.74 Å².